The predicted molar refractivity (Wildman–Crippen MR) is 118 cm³/mol. The van der Waals surface area contributed by atoms with Crippen LogP contribution in [0.5, 0.6) is 0 Å². The molecule has 0 bridgehead atoms. The summed E-state index contributed by atoms with van der Waals surface area (Å²) in [6.07, 6.45) is 13.4. The van der Waals surface area contributed by atoms with Crippen LogP contribution < -0.4 is 0 Å². The Labute approximate surface area is 178 Å². The van der Waals surface area contributed by atoms with Gasteiger partial charge in [0, 0.05) is 19.1 Å². The zero-order valence-electron chi connectivity index (χ0n) is 18.9. The highest BCUT2D eigenvalue weighted by Gasteiger charge is 2.37. The van der Waals surface area contributed by atoms with E-state index in [0.717, 1.165) is 44.9 Å². The third-order valence-electron chi connectivity index (χ3n) is 5.56. The smallest absolute Gasteiger partial charge is 0.283 e. The maximum atomic E-state index is 13.0. The maximum absolute atomic E-state index is 13.0. The molecule has 0 amide bonds. The molecule has 4 heteroatoms. The van der Waals surface area contributed by atoms with Crippen LogP contribution in [-0.4, -0.2) is 24.3 Å². The molecule has 29 heavy (non-hydrogen) atoms. The fraction of sp³-hybridized carbons (Fsp3) is 0.760. The third kappa shape index (κ3) is 11.1. The van der Waals surface area contributed by atoms with Crippen molar-refractivity contribution in [2.45, 2.75) is 104 Å². The Morgan fingerprint density at radius 1 is 0.793 bits per heavy atom. The van der Waals surface area contributed by atoms with Gasteiger partial charge in [0.25, 0.3) is 5.97 Å². The molecule has 0 heterocycles. The Balaban J connectivity index is 2.45. The van der Waals surface area contributed by atoms with Crippen LogP contribution in [0.15, 0.2) is 24.3 Å². The number of hydrogen-bond acceptors (Lipinski definition) is 3. The van der Waals surface area contributed by atoms with Crippen LogP contribution in [0, 0.1) is 11.7 Å². The van der Waals surface area contributed by atoms with Gasteiger partial charge in [-0.1, -0.05) is 70.4 Å². The normalized spacial score (nSPS) is 13.0. The van der Waals surface area contributed by atoms with Gasteiger partial charge in [-0.15, -0.1) is 0 Å². The fourth-order valence-corrected chi connectivity index (χ4v) is 3.92. The molecule has 168 valence electrons. The Morgan fingerprint density at radius 2 is 1.31 bits per heavy atom. The molecule has 1 unspecified atom stereocenters. The Bertz CT molecular complexity index is 497. The van der Waals surface area contributed by atoms with Crippen LogP contribution in [-0.2, 0) is 15.9 Å². The van der Waals surface area contributed by atoms with Gasteiger partial charge in [0.2, 0.25) is 0 Å². The van der Waals surface area contributed by atoms with E-state index >= 15 is 0 Å². The second kappa shape index (κ2) is 15.8. The summed E-state index contributed by atoms with van der Waals surface area (Å²) >= 11 is 0. The van der Waals surface area contributed by atoms with Crippen molar-refractivity contribution in [3.05, 3.63) is 35.6 Å². The summed E-state index contributed by atoms with van der Waals surface area (Å²) in [6, 6.07) is 6.77. The molecular weight excluding hydrogens is 367 g/mol. The summed E-state index contributed by atoms with van der Waals surface area (Å²) < 4.78 is 24.3. The molecule has 0 radical (unpaired) electrons. The number of hydrogen-bond donors (Lipinski definition) is 1. The minimum Gasteiger partial charge on any atom is -0.343 e. The first-order chi connectivity index (χ1) is 14.1. The molecule has 1 atom stereocenters. The second-order valence-corrected chi connectivity index (χ2v) is 7.98. The first-order valence-electron chi connectivity index (χ1n) is 11.8. The summed E-state index contributed by atoms with van der Waals surface area (Å²) in [5.74, 6) is -1.65. The average Bonchev–Trinajstić information content (AvgIpc) is 2.70. The molecule has 0 aromatic heterocycles. The third-order valence-corrected chi connectivity index (χ3v) is 5.56. The van der Waals surface area contributed by atoms with Crippen molar-refractivity contribution in [3.63, 3.8) is 0 Å². The highest BCUT2D eigenvalue weighted by atomic mass is 19.1. The molecule has 1 aromatic carbocycles. The quantitative estimate of drug-likeness (QED) is 0.209. The summed E-state index contributed by atoms with van der Waals surface area (Å²) in [4.78, 5) is 0. The van der Waals surface area contributed by atoms with E-state index in [-0.39, 0.29) is 11.7 Å². The van der Waals surface area contributed by atoms with Gasteiger partial charge in [-0.3, -0.25) is 0 Å². The summed E-state index contributed by atoms with van der Waals surface area (Å²) in [5.41, 5.74) is 1.18. The number of rotatable bonds is 18. The molecule has 1 rings (SSSR count). The van der Waals surface area contributed by atoms with Crippen molar-refractivity contribution < 1.29 is 19.0 Å². The summed E-state index contributed by atoms with van der Waals surface area (Å²) in [5, 5.41) is 11.0. The molecule has 0 aliphatic heterocycles. The molecule has 0 aliphatic rings. The van der Waals surface area contributed by atoms with E-state index in [1.807, 2.05) is 26.0 Å². The van der Waals surface area contributed by atoms with E-state index in [9.17, 15) is 9.50 Å². The number of aryl methyl sites for hydroxylation is 1. The lowest BCUT2D eigenvalue weighted by molar-refractivity contribution is -0.385. The Kier molecular flexibility index (Phi) is 14.2. The van der Waals surface area contributed by atoms with Crippen molar-refractivity contribution in [2.75, 3.05) is 13.2 Å². The highest BCUT2D eigenvalue weighted by molar-refractivity contribution is 5.15. The fourth-order valence-electron chi connectivity index (χ4n) is 3.92. The topological polar surface area (TPSA) is 38.7 Å². The van der Waals surface area contributed by atoms with E-state index < -0.39 is 5.97 Å². The van der Waals surface area contributed by atoms with E-state index in [2.05, 4.69) is 6.92 Å². The van der Waals surface area contributed by atoms with Crippen LogP contribution in [0.4, 0.5) is 4.39 Å². The lowest BCUT2D eigenvalue weighted by atomic mass is 9.91. The summed E-state index contributed by atoms with van der Waals surface area (Å²) in [7, 11) is 0. The van der Waals surface area contributed by atoms with Gasteiger partial charge in [-0.05, 0) is 57.2 Å². The molecule has 3 nitrogen and oxygen atoms in total. The van der Waals surface area contributed by atoms with E-state index in [1.54, 1.807) is 0 Å². The predicted octanol–water partition coefficient (Wildman–Crippen LogP) is 7.01. The minimum absolute atomic E-state index is 0.000559. The first-order valence-corrected chi connectivity index (χ1v) is 11.8. The highest BCUT2D eigenvalue weighted by Crippen LogP contribution is 2.31. The number of halogens is 1. The largest absolute Gasteiger partial charge is 0.343 e. The standard InChI is InChI=1S/C25H43FO3/c1-4-7-8-9-10-13-16-23(25(27,28-5-2)29-6-3)17-14-11-12-15-22-18-20-24(26)21-19-22/h18-21,23,27H,4-17H2,1-3H3. The molecule has 0 aliphatic carbocycles. The van der Waals surface area contributed by atoms with Crippen molar-refractivity contribution >= 4 is 0 Å². The molecule has 0 saturated heterocycles. The molecular formula is C25H43FO3. The number of benzene rings is 1. The van der Waals surface area contributed by atoms with Gasteiger partial charge in [0.15, 0.2) is 0 Å². The monoisotopic (exact) mass is 410 g/mol. The lowest BCUT2D eigenvalue weighted by Crippen LogP contribution is -2.44. The average molecular weight is 411 g/mol. The molecule has 0 saturated carbocycles. The van der Waals surface area contributed by atoms with Crippen LogP contribution in [0.3, 0.4) is 0 Å². The van der Waals surface area contributed by atoms with Gasteiger partial charge in [0.1, 0.15) is 5.82 Å². The zero-order chi connectivity index (χ0) is 21.4. The SMILES string of the molecule is CCCCCCCCC(CCCCCc1ccc(F)cc1)C(O)(OCC)OCC. The van der Waals surface area contributed by atoms with Gasteiger partial charge in [-0.25, -0.2) is 4.39 Å². The van der Waals surface area contributed by atoms with E-state index in [1.165, 1.54) is 49.8 Å². The van der Waals surface area contributed by atoms with Gasteiger partial charge >= 0.3 is 0 Å². The van der Waals surface area contributed by atoms with Crippen molar-refractivity contribution in [1.29, 1.82) is 0 Å². The lowest BCUT2D eigenvalue weighted by Gasteiger charge is -2.35. The van der Waals surface area contributed by atoms with Crippen LogP contribution in [0.25, 0.3) is 0 Å². The zero-order valence-corrected chi connectivity index (χ0v) is 18.9. The Morgan fingerprint density at radius 3 is 1.86 bits per heavy atom. The number of unbranched alkanes of at least 4 members (excludes halogenated alkanes) is 7. The number of ether oxygens (including phenoxy) is 2. The van der Waals surface area contributed by atoms with Crippen LogP contribution in [0.2, 0.25) is 0 Å². The van der Waals surface area contributed by atoms with Crippen molar-refractivity contribution in [3.8, 4) is 0 Å². The van der Waals surface area contributed by atoms with Crippen LogP contribution >= 0.6 is 0 Å². The molecule has 1 N–H and O–H groups in total. The second-order valence-electron chi connectivity index (χ2n) is 7.98. The molecule has 1 aromatic rings. The van der Waals surface area contributed by atoms with E-state index in [0.29, 0.717) is 13.2 Å². The van der Waals surface area contributed by atoms with Crippen molar-refractivity contribution in [2.24, 2.45) is 5.92 Å². The molecule has 0 fully saturated rings. The maximum Gasteiger partial charge on any atom is 0.283 e. The minimum atomic E-state index is -1.47. The molecule has 0 spiro atoms. The van der Waals surface area contributed by atoms with Gasteiger partial charge < -0.3 is 14.6 Å². The first kappa shape index (κ1) is 26.1. The van der Waals surface area contributed by atoms with E-state index in [4.69, 9.17) is 9.47 Å². The van der Waals surface area contributed by atoms with Gasteiger partial charge in [-0.2, -0.15) is 0 Å². The van der Waals surface area contributed by atoms with Gasteiger partial charge in [0.05, 0.1) is 0 Å². The van der Waals surface area contributed by atoms with Crippen LogP contribution in [0.1, 0.15) is 97.0 Å². The van der Waals surface area contributed by atoms with Crippen molar-refractivity contribution in [1.82, 2.24) is 0 Å². The summed E-state index contributed by atoms with van der Waals surface area (Å²) in [6.45, 7) is 6.90. The number of aliphatic hydroxyl groups is 1. The Hall–Kier alpha value is -0.970.